The minimum atomic E-state index is -0.528. The largest absolute Gasteiger partial charge is 0.361 e. The molecule has 43 heavy (non-hydrogen) atoms. The summed E-state index contributed by atoms with van der Waals surface area (Å²) < 4.78 is 1.65. The van der Waals surface area contributed by atoms with Crippen LogP contribution >= 0.6 is 11.6 Å². The summed E-state index contributed by atoms with van der Waals surface area (Å²) in [6, 6.07) is 16.1. The number of anilines is 1. The molecule has 1 atom stereocenters. The van der Waals surface area contributed by atoms with Crippen molar-refractivity contribution in [3.8, 4) is 16.8 Å². The van der Waals surface area contributed by atoms with E-state index in [2.05, 4.69) is 25.3 Å². The Labute approximate surface area is 251 Å². The van der Waals surface area contributed by atoms with Crippen molar-refractivity contribution >= 4 is 39.2 Å². The second-order valence-corrected chi connectivity index (χ2v) is 11.2. The number of hydrogen-bond acceptors (Lipinski definition) is 7. The average Bonchev–Trinajstić information content (AvgIpc) is 3.58. The standard InChI is InChI=1S/C33H28ClN7O2/c1-19(40-32-27-25(42)14-15-36-31(27)38-18-39-32)30-28(34)23-13-7-12-22(24-16-35-17-37-29(24)20-8-5-6-9-20)26(23)33(43)41(30)21-10-3-2-4-11-21/h2-4,7,10-20H,5-6,8-9H2,1H3,(H2,36,38,39,40,42)/t19-/m0/s1. The molecule has 1 saturated carbocycles. The van der Waals surface area contributed by atoms with E-state index in [1.165, 1.54) is 12.4 Å². The van der Waals surface area contributed by atoms with Crippen molar-refractivity contribution in [1.82, 2.24) is 29.5 Å². The van der Waals surface area contributed by atoms with Gasteiger partial charge in [-0.2, -0.15) is 0 Å². The van der Waals surface area contributed by atoms with E-state index in [1.54, 1.807) is 17.1 Å². The summed E-state index contributed by atoms with van der Waals surface area (Å²) in [7, 11) is 0. The lowest BCUT2D eigenvalue weighted by atomic mass is 9.92. The van der Waals surface area contributed by atoms with Crippen LogP contribution in [-0.4, -0.2) is 29.5 Å². The van der Waals surface area contributed by atoms with Gasteiger partial charge in [0.25, 0.3) is 5.56 Å². The Hall–Kier alpha value is -4.89. The van der Waals surface area contributed by atoms with Crippen LogP contribution in [0.3, 0.4) is 0 Å². The third-order valence-corrected chi connectivity index (χ3v) is 8.68. The molecule has 0 amide bonds. The van der Waals surface area contributed by atoms with Crippen LogP contribution in [0, 0.1) is 0 Å². The first-order valence-electron chi connectivity index (χ1n) is 14.3. The number of pyridine rings is 2. The second-order valence-electron chi connectivity index (χ2n) is 10.9. The van der Waals surface area contributed by atoms with Crippen LogP contribution in [0.1, 0.15) is 56.0 Å². The lowest BCUT2D eigenvalue weighted by Gasteiger charge is -2.24. The molecule has 6 aromatic rings. The number of nitrogens with zero attached hydrogens (tertiary/aromatic N) is 5. The number of halogens is 1. The van der Waals surface area contributed by atoms with Crippen molar-refractivity contribution < 1.29 is 0 Å². The number of aromatic nitrogens is 6. The molecular weight excluding hydrogens is 562 g/mol. The highest BCUT2D eigenvalue weighted by Gasteiger charge is 2.27. The molecule has 2 aromatic carbocycles. The van der Waals surface area contributed by atoms with Crippen LogP contribution < -0.4 is 16.3 Å². The average molecular weight is 590 g/mol. The number of rotatable bonds is 6. The molecule has 0 unspecified atom stereocenters. The third-order valence-electron chi connectivity index (χ3n) is 8.28. The quantitative estimate of drug-likeness (QED) is 0.226. The first-order chi connectivity index (χ1) is 21.0. The normalized spacial score (nSPS) is 14.4. The summed E-state index contributed by atoms with van der Waals surface area (Å²) in [6.07, 6.45) is 10.8. The molecule has 0 aliphatic heterocycles. The van der Waals surface area contributed by atoms with Gasteiger partial charge in [-0.25, -0.2) is 19.9 Å². The number of nitrogens with one attached hydrogen (secondary N) is 2. The Bertz CT molecular complexity index is 2100. The molecule has 0 radical (unpaired) electrons. The van der Waals surface area contributed by atoms with Crippen molar-refractivity contribution in [2.45, 2.75) is 44.6 Å². The first kappa shape index (κ1) is 27.0. The molecule has 0 bridgehead atoms. The minimum absolute atomic E-state index is 0.212. The van der Waals surface area contributed by atoms with Crippen molar-refractivity contribution in [3.63, 3.8) is 0 Å². The summed E-state index contributed by atoms with van der Waals surface area (Å²) >= 11 is 7.27. The van der Waals surface area contributed by atoms with E-state index < -0.39 is 6.04 Å². The molecule has 4 aromatic heterocycles. The van der Waals surface area contributed by atoms with E-state index >= 15 is 0 Å². The van der Waals surface area contributed by atoms with Gasteiger partial charge >= 0.3 is 0 Å². The SMILES string of the molecule is C[C@H](Nc1ncnc2[nH]ccc(=O)c12)c1c(Cl)c2cccc(-c3cncnc3C3CCCC3)c2c(=O)n1-c1ccccc1. The van der Waals surface area contributed by atoms with Crippen molar-refractivity contribution in [2.75, 3.05) is 5.32 Å². The smallest absolute Gasteiger partial charge is 0.263 e. The van der Waals surface area contributed by atoms with Gasteiger partial charge in [0.05, 0.1) is 27.8 Å². The Kier molecular flexibility index (Phi) is 6.95. The van der Waals surface area contributed by atoms with Gasteiger partial charge in [-0.15, -0.1) is 0 Å². The summed E-state index contributed by atoms with van der Waals surface area (Å²) in [6.45, 7) is 1.89. The van der Waals surface area contributed by atoms with Crippen molar-refractivity contribution in [1.29, 1.82) is 0 Å². The Morgan fingerprint density at radius 3 is 2.56 bits per heavy atom. The molecule has 214 valence electrons. The van der Waals surface area contributed by atoms with Gasteiger partial charge in [0.2, 0.25) is 0 Å². The van der Waals surface area contributed by atoms with E-state index in [0.717, 1.165) is 42.5 Å². The Morgan fingerprint density at radius 2 is 1.74 bits per heavy atom. The van der Waals surface area contributed by atoms with E-state index in [1.807, 2.05) is 61.7 Å². The van der Waals surface area contributed by atoms with E-state index in [-0.39, 0.29) is 11.0 Å². The number of para-hydroxylation sites is 1. The summed E-state index contributed by atoms with van der Waals surface area (Å²) in [5.74, 6) is 0.674. The lowest BCUT2D eigenvalue weighted by Crippen LogP contribution is -2.27. The van der Waals surface area contributed by atoms with E-state index in [9.17, 15) is 9.59 Å². The molecule has 10 heteroatoms. The molecule has 1 aliphatic rings. The fraction of sp³-hybridized carbons (Fsp3) is 0.212. The molecule has 1 fully saturated rings. The number of fused-ring (bicyclic) bond motifs is 2. The monoisotopic (exact) mass is 589 g/mol. The number of benzene rings is 2. The molecular formula is C33H28ClN7O2. The van der Waals surface area contributed by atoms with Crippen molar-refractivity contribution in [3.05, 3.63) is 117 Å². The highest BCUT2D eigenvalue weighted by Crippen LogP contribution is 2.41. The lowest BCUT2D eigenvalue weighted by molar-refractivity contribution is 0.696. The zero-order chi connectivity index (χ0) is 29.5. The molecule has 0 spiro atoms. The maximum Gasteiger partial charge on any atom is 0.263 e. The van der Waals surface area contributed by atoms with Gasteiger partial charge in [-0.1, -0.05) is 60.8 Å². The molecule has 7 rings (SSSR count). The van der Waals surface area contributed by atoms with Gasteiger partial charge in [-0.05, 0) is 37.5 Å². The second kappa shape index (κ2) is 11.1. The number of H-pyrrole nitrogens is 1. The summed E-state index contributed by atoms with van der Waals surface area (Å²) in [5.41, 5.74) is 3.79. The Morgan fingerprint density at radius 1 is 0.930 bits per heavy atom. The van der Waals surface area contributed by atoms with Crippen LogP contribution in [-0.2, 0) is 0 Å². The summed E-state index contributed by atoms with van der Waals surface area (Å²) in [5, 5.41) is 5.23. The fourth-order valence-corrected chi connectivity index (χ4v) is 6.73. The third kappa shape index (κ3) is 4.66. The van der Waals surface area contributed by atoms with Gasteiger partial charge in [-0.3, -0.25) is 14.2 Å². The molecule has 0 saturated heterocycles. The predicted molar refractivity (Wildman–Crippen MR) is 169 cm³/mol. The highest BCUT2D eigenvalue weighted by atomic mass is 35.5. The topological polar surface area (TPSA) is 118 Å². The van der Waals surface area contributed by atoms with Crippen LogP contribution in [0.25, 0.3) is 38.6 Å². The maximum absolute atomic E-state index is 14.7. The fourth-order valence-electron chi connectivity index (χ4n) is 6.33. The predicted octanol–water partition coefficient (Wildman–Crippen LogP) is 6.56. The Balaban J connectivity index is 1.47. The summed E-state index contributed by atoms with van der Waals surface area (Å²) in [4.78, 5) is 48.1. The molecule has 9 nitrogen and oxygen atoms in total. The minimum Gasteiger partial charge on any atom is -0.361 e. The van der Waals surface area contributed by atoms with E-state index in [0.29, 0.717) is 49.9 Å². The first-order valence-corrected chi connectivity index (χ1v) is 14.7. The van der Waals surface area contributed by atoms with Crippen molar-refractivity contribution in [2.24, 2.45) is 0 Å². The van der Waals surface area contributed by atoms with Gasteiger partial charge in [0, 0.05) is 41.0 Å². The molecule has 4 heterocycles. The molecule has 2 N–H and O–H groups in total. The maximum atomic E-state index is 14.7. The number of hydrogen-bond donors (Lipinski definition) is 2. The van der Waals surface area contributed by atoms with Crippen LogP contribution in [0.4, 0.5) is 5.82 Å². The molecule has 1 aliphatic carbocycles. The number of aromatic amines is 1. The highest BCUT2D eigenvalue weighted by molar-refractivity contribution is 6.36. The zero-order valence-corrected chi connectivity index (χ0v) is 24.2. The van der Waals surface area contributed by atoms with E-state index in [4.69, 9.17) is 16.6 Å². The van der Waals surface area contributed by atoms with Gasteiger partial charge < -0.3 is 10.3 Å². The van der Waals surface area contributed by atoms with Crippen LogP contribution in [0.2, 0.25) is 5.02 Å². The van der Waals surface area contributed by atoms with Gasteiger partial charge in [0.1, 0.15) is 29.5 Å². The zero-order valence-electron chi connectivity index (χ0n) is 23.4. The van der Waals surface area contributed by atoms with Gasteiger partial charge in [0.15, 0.2) is 5.43 Å². The van der Waals surface area contributed by atoms with Crippen LogP contribution in [0.5, 0.6) is 0 Å². The van der Waals surface area contributed by atoms with Crippen LogP contribution in [0.15, 0.2) is 89.2 Å².